The maximum atomic E-state index is 13.3. The number of nitrogens with one attached hydrogen (secondary N) is 1. The number of Topliss-reactive ketones (excluding diaryl/α,β-unsaturated/α-hetero) is 2. The number of rotatable bonds is 7. The second kappa shape index (κ2) is 9.67. The first-order chi connectivity index (χ1) is 15.9. The molecule has 0 spiro atoms. The van der Waals surface area contributed by atoms with Crippen LogP contribution in [-0.2, 0) is 16.0 Å². The van der Waals surface area contributed by atoms with Crippen molar-refractivity contribution >= 4 is 29.1 Å². The van der Waals surface area contributed by atoms with Crippen molar-refractivity contribution in [3.8, 4) is 5.69 Å². The zero-order chi connectivity index (χ0) is 23.5. The van der Waals surface area contributed by atoms with Gasteiger partial charge in [0.15, 0.2) is 5.78 Å². The summed E-state index contributed by atoms with van der Waals surface area (Å²) in [7, 11) is 0. The van der Waals surface area contributed by atoms with Crippen LogP contribution in [0.4, 0.5) is 0 Å². The monoisotopic (exact) mass is 464 g/mol. The van der Waals surface area contributed by atoms with E-state index in [-0.39, 0.29) is 23.9 Å². The fraction of sp³-hybridized carbons (Fsp3) is 0.320. The number of benzene rings is 1. The summed E-state index contributed by atoms with van der Waals surface area (Å²) in [6, 6.07) is 9.01. The van der Waals surface area contributed by atoms with Crippen LogP contribution >= 0.6 is 11.6 Å². The predicted octanol–water partition coefficient (Wildman–Crippen LogP) is 3.85. The summed E-state index contributed by atoms with van der Waals surface area (Å²) in [6.07, 6.45) is 6.14. The quantitative estimate of drug-likeness (QED) is 0.536. The molecule has 170 valence electrons. The first-order valence-corrected chi connectivity index (χ1v) is 11.4. The van der Waals surface area contributed by atoms with Crippen LogP contribution in [0.2, 0.25) is 5.02 Å². The van der Waals surface area contributed by atoms with Gasteiger partial charge in [0.25, 0.3) is 5.91 Å². The van der Waals surface area contributed by atoms with Crippen molar-refractivity contribution in [3.05, 3.63) is 76.3 Å². The summed E-state index contributed by atoms with van der Waals surface area (Å²) in [6.45, 7) is 4.24. The van der Waals surface area contributed by atoms with Gasteiger partial charge in [-0.2, -0.15) is 5.10 Å². The van der Waals surface area contributed by atoms with Gasteiger partial charge >= 0.3 is 0 Å². The lowest BCUT2D eigenvalue weighted by Gasteiger charge is -2.18. The highest BCUT2D eigenvalue weighted by atomic mass is 35.5. The average molecular weight is 465 g/mol. The minimum atomic E-state index is -0.758. The van der Waals surface area contributed by atoms with Crippen LogP contribution in [0.5, 0.6) is 0 Å². The molecule has 8 heteroatoms. The van der Waals surface area contributed by atoms with Gasteiger partial charge in [0.1, 0.15) is 17.4 Å². The van der Waals surface area contributed by atoms with Crippen LogP contribution in [0.3, 0.4) is 0 Å². The first kappa shape index (κ1) is 22.9. The second-order valence-corrected chi connectivity index (χ2v) is 8.69. The van der Waals surface area contributed by atoms with Crippen LogP contribution in [0.15, 0.2) is 48.9 Å². The predicted molar refractivity (Wildman–Crippen MR) is 125 cm³/mol. The molecule has 1 aliphatic rings. The third kappa shape index (κ3) is 4.73. The summed E-state index contributed by atoms with van der Waals surface area (Å²) >= 11 is 6.01. The molecule has 3 aromatic rings. The van der Waals surface area contributed by atoms with Crippen LogP contribution < -0.4 is 5.32 Å². The minimum Gasteiger partial charge on any atom is -0.351 e. The number of halogens is 1. The Hall–Kier alpha value is -3.32. The summed E-state index contributed by atoms with van der Waals surface area (Å²) in [4.78, 5) is 42.4. The number of aromatic nitrogens is 3. The molecule has 1 aliphatic carbocycles. The SMILES string of the molecule is CCc1cc(-n2cc(Cl)cn2)cc(C)c1C1C(=O)C[C@@H](CCNC(=O)c2ccccn2)C1=O. The largest absolute Gasteiger partial charge is 0.351 e. The highest BCUT2D eigenvalue weighted by Crippen LogP contribution is 2.38. The minimum absolute atomic E-state index is 0.0614. The van der Waals surface area contributed by atoms with E-state index in [1.165, 1.54) is 0 Å². The Morgan fingerprint density at radius 3 is 2.76 bits per heavy atom. The summed E-state index contributed by atoms with van der Waals surface area (Å²) < 4.78 is 1.68. The third-order valence-corrected chi connectivity index (χ3v) is 6.27. The smallest absolute Gasteiger partial charge is 0.269 e. The zero-order valence-corrected chi connectivity index (χ0v) is 19.3. The number of pyridine rings is 1. The summed E-state index contributed by atoms with van der Waals surface area (Å²) in [5, 5.41) is 7.58. The first-order valence-electron chi connectivity index (χ1n) is 11.0. The maximum absolute atomic E-state index is 13.3. The molecule has 7 nitrogen and oxygen atoms in total. The van der Waals surface area contributed by atoms with Crippen LogP contribution in [0, 0.1) is 12.8 Å². The molecule has 1 N–H and O–H groups in total. The lowest BCUT2D eigenvalue weighted by molar-refractivity contribution is -0.124. The number of carbonyl (C=O) groups is 3. The van der Waals surface area contributed by atoms with Gasteiger partial charge in [0.2, 0.25) is 0 Å². The van der Waals surface area contributed by atoms with Gasteiger partial charge in [-0.1, -0.05) is 24.6 Å². The van der Waals surface area contributed by atoms with E-state index in [0.29, 0.717) is 30.1 Å². The molecule has 2 aromatic heterocycles. The standard InChI is InChI=1S/C25H25ClN4O3/c1-3-16-11-19(30-14-18(26)13-29-30)10-15(2)22(16)23-21(31)12-17(24(23)32)7-9-28-25(33)20-6-4-5-8-27-20/h4-6,8,10-11,13-14,17,23H,3,7,9,12H2,1-2H3,(H,28,33)/t17-,23?/m1/s1. The molecule has 1 aromatic carbocycles. The van der Waals surface area contributed by atoms with Crippen molar-refractivity contribution in [1.82, 2.24) is 20.1 Å². The van der Waals surface area contributed by atoms with Gasteiger partial charge in [-0.05, 0) is 60.7 Å². The number of carbonyl (C=O) groups excluding carboxylic acids is 3. The van der Waals surface area contributed by atoms with Crippen molar-refractivity contribution in [2.24, 2.45) is 5.92 Å². The number of ketones is 2. The molecule has 1 fully saturated rings. The Morgan fingerprint density at radius 1 is 1.27 bits per heavy atom. The molecule has 0 saturated heterocycles. The number of aryl methyl sites for hydroxylation is 2. The Bertz CT molecular complexity index is 1210. The van der Waals surface area contributed by atoms with Crippen LogP contribution in [-0.4, -0.2) is 38.8 Å². The van der Waals surface area contributed by atoms with E-state index >= 15 is 0 Å². The Balaban J connectivity index is 1.49. The molecule has 33 heavy (non-hydrogen) atoms. The van der Waals surface area contributed by atoms with Crippen molar-refractivity contribution in [3.63, 3.8) is 0 Å². The number of nitrogens with zero attached hydrogens (tertiary/aromatic N) is 3. The second-order valence-electron chi connectivity index (χ2n) is 8.25. The molecule has 2 atom stereocenters. The molecule has 1 amide bonds. The Labute approximate surface area is 197 Å². The molecule has 4 rings (SSSR count). The molecule has 0 aliphatic heterocycles. The fourth-order valence-electron chi connectivity index (χ4n) is 4.48. The topological polar surface area (TPSA) is 93.9 Å². The molecule has 1 unspecified atom stereocenters. The Morgan fingerprint density at radius 2 is 2.09 bits per heavy atom. The number of hydrogen-bond donors (Lipinski definition) is 1. The summed E-state index contributed by atoms with van der Waals surface area (Å²) in [5.41, 5.74) is 3.80. The van der Waals surface area contributed by atoms with E-state index in [2.05, 4.69) is 15.4 Å². The third-order valence-electron chi connectivity index (χ3n) is 6.07. The summed E-state index contributed by atoms with van der Waals surface area (Å²) in [5.74, 6) is -1.58. The van der Waals surface area contributed by atoms with Crippen molar-refractivity contribution < 1.29 is 14.4 Å². The van der Waals surface area contributed by atoms with Crippen molar-refractivity contribution in [1.29, 1.82) is 0 Å². The Kier molecular flexibility index (Phi) is 6.70. The average Bonchev–Trinajstić information content (AvgIpc) is 3.36. The lowest BCUT2D eigenvalue weighted by Crippen LogP contribution is -2.28. The maximum Gasteiger partial charge on any atom is 0.269 e. The van der Waals surface area contributed by atoms with Crippen molar-refractivity contribution in [2.75, 3.05) is 6.54 Å². The van der Waals surface area contributed by atoms with E-state index in [4.69, 9.17) is 11.6 Å². The molecule has 0 radical (unpaired) electrons. The van der Waals surface area contributed by atoms with Gasteiger partial charge in [0, 0.05) is 31.3 Å². The van der Waals surface area contributed by atoms with E-state index in [9.17, 15) is 14.4 Å². The van der Waals surface area contributed by atoms with Crippen LogP contribution in [0.25, 0.3) is 5.69 Å². The van der Waals surface area contributed by atoms with Gasteiger partial charge in [-0.3, -0.25) is 19.4 Å². The number of hydrogen-bond acceptors (Lipinski definition) is 5. The molecule has 1 saturated carbocycles. The van der Waals surface area contributed by atoms with Gasteiger partial charge < -0.3 is 5.32 Å². The van der Waals surface area contributed by atoms with E-state index in [1.807, 2.05) is 26.0 Å². The van der Waals surface area contributed by atoms with Crippen LogP contribution in [0.1, 0.15) is 52.9 Å². The van der Waals surface area contributed by atoms with E-state index in [0.717, 1.165) is 22.4 Å². The zero-order valence-electron chi connectivity index (χ0n) is 18.5. The van der Waals surface area contributed by atoms with E-state index < -0.39 is 11.8 Å². The van der Waals surface area contributed by atoms with Gasteiger partial charge in [-0.25, -0.2) is 4.68 Å². The highest BCUT2D eigenvalue weighted by molar-refractivity contribution is 6.30. The normalized spacial score (nSPS) is 18.0. The molecular formula is C25H25ClN4O3. The van der Waals surface area contributed by atoms with Gasteiger partial charge in [0.05, 0.1) is 16.9 Å². The molecule has 0 bridgehead atoms. The highest BCUT2D eigenvalue weighted by Gasteiger charge is 2.43. The number of amides is 1. The molecule has 2 heterocycles. The van der Waals surface area contributed by atoms with Crippen molar-refractivity contribution in [2.45, 2.75) is 39.0 Å². The fourth-order valence-corrected chi connectivity index (χ4v) is 4.62. The van der Waals surface area contributed by atoms with Gasteiger partial charge in [-0.15, -0.1) is 0 Å². The molecular weight excluding hydrogens is 440 g/mol. The lowest BCUT2D eigenvalue weighted by atomic mass is 9.85. The van der Waals surface area contributed by atoms with E-state index in [1.54, 1.807) is 41.5 Å².